The van der Waals surface area contributed by atoms with Gasteiger partial charge in [-0.05, 0) is 39.9 Å². The Morgan fingerprint density at radius 3 is 1.46 bits per heavy atom. The van der Waals surface area contributed by atoms with Crippen LogP contribution in [0.15, 0.2) is 47.2 Å². The van der Waals surface area contributed by atoms with Gasteiger partial charge in [-0.15, -0.1) is 10.8 Å². The third-order valence-electron chi connectivity index (χ3n) is 6.58. The number of H-pyrrole nitrogens is 1. The average molecular weight is 611 g/mol. The summed E-state index contributed by atoms with van der Waals surface area (Å²) in [7, 11) is 0. The molecule has 0 saturated heterocycles. The molecular formula is C37H63NY-2. The molecular weight excluding hydrogens is 547 g/mol. The zero-order chi connectivity index (χ0) is 30.5. The van der Waals surface area contributed by atoms with Crippen LogP contribution in [0.25, 0.3) is 0 Å². The Morgan fingerprint density at radius 2 is 1.23 bits per heavy atom. The first-order chi connectivity index (χ1) is 16.5. The van der Waals surface area contributed by atoms with Gasteiger partial charge in [0.25, 0.3) is 0 Å². The number of rotatable bonds is 1. The van der Waals surface area contributed by atoms with Gasteiger partial charge in [0.2, 0.25) is 0 Å². The first-order valence-corrected chi connectivity index (χ1v) is 14.4. The molecule has 0 aromatic carbocycles. The fourth-order valence-electron chi connectivity index (χ4n) is 3.34. The van der Waals surface area contributed by atoms with Crippen LogP contribution in [0.3, 0.4) is 0 Å². The molecule has 0 atom stereocenters. The van der Waals surface area contributed by atoms with Crippen LogP contribution in [0, 0.1) is 34.3 Å². The molecule has 0 bridgehead atoms. The second-order valence-electron chi connectivity index (χ2n) is 17.1. The van der Waals surface area contributed by atoms with Crippen molar-refractivity contribution in [3.63, 3.8) is 0 Å². The predicted octanol–water partition coefficient (Wildman–Crippen LogP) is 11.7. The third kappa shape index (κ3) is 16.4. The Balaban J connectivity index is 0. The summed E-state index contributed by atoms with van der Waals surface area (Å²) >= 11 is 0. The van der Waals surface area contributed by atoms with Crippen LogP contribution in [0.5, 0.6) is 0 Å². The van der Waals surface area contributed by atoms with Crippen molar-refractivity contribution in [2.24, 2.45) is 21.7 Å². The summed E-state index contributed by atoms with van der Waals surface area (Å²) in [6.07, 6.45) is 13.2. The molecule has 2 rings (SSSR count). The van der Waals surface area contributed by atoms with E-state index in [-0.39, 0.29) is 54.4 Å². The summed E-state index contributed by atoms with van der Waals surface area (Å²) in [5, 5.41) is 0. The number of aromatic amines is 1. The second kappa shape index (κ2) is 14.5. The van der Waals surface area contributed by atoms with Gasteiger partial charge in [-0.25, -0.2) is 0 Å². The minimum Gasteiger partial charge on any atom is -0.390 e. The smallest absolute Gasteiger partial charge is 0.0204 e. The molecule has 1 radical (unpaired) electrons. The molecule has 0 spiro atoms. The van der Waals surface area contributed by atoms with Crippen molar-refractivity contribution < 1.29 is 32.7 Å². The zero-order valence-corrected chi connectivity index (χ0v) is 32.1. The number of hydrogen-bond acceptors (Lipinski definition) is 0. The molecule has 0 unspecified atom stereocenters. The summed E-state index contributed by atoms with van der Waals surface area (Å²) in [5.41, 5.74) is 7.93. The summed E-state index contributed by atoms with van der Waals surface area (Å²) in [4.78, 5) is 3.35. The number of aromatic nitrogens is 1. The Kier molecular flexibility index (Phi) is 15.0. The van der Waals surface area contributed by atoms with E-state index in [0.717, 1.165) is 12.0 Å². The predicted molar refractivity (Wildman–Crippen MR) is 172 cm³/mol. The van der Waals surface area contributed by atoms with E-state index in [1.807, 2.05) is 6.08 Å². The fraction of sp³-hybridized carbons (Fsp3) is 0.676. The maximum atomic E-state index is 5.86. The molecule has 1 nitrogen and oxygen atoms in total. The SMILES string of the molecule is CC(C)(C)C1=CCC(C(C)(C)C)=C1.CC(C)(C)c1c[nH]c(C(C)(C)C)c1.[CH-]=C(C=[C-]C(C)(C)C)C(C)(C)C.[Y]. The van der Waals surface area contributed by atoms with E-state index in [9.17, 15) is 0 Å². The molecule has 39 heavy (non-hydrogen) atoms. The summed E-state index contributed by atoms with van der Waals surface area (Å²) in [6.45, 7) is 45.6. The van der Waals surface area contributed by atoms with Gasteiger partial charge in [0, 0.05) is 50.0 Å². The van der Waals surface area contributed by atoms with Crippen LogP contribution in [-0.4, -0.2) is 4.98 Å². The van der Waals surface area contributed by atoms with Crippen molar-refractivity contribution in [3.8, 4) is 0 Å². The zero-order valence-electron chi connectivity index (χ0n) is 29.2. The van der Waals surface area contributed by atoms with Crippen molar-refractivity contribution >= 4 is 0 Å². The normalized spacial score (nSPS) is 14.9. The Morgan fingerprint density at radius 1 is 0.744 bits per heavy atom. The second-order valence-corrected chi connectivity index (χ2v) is 17.1. The van der Waals surface area contributed by atoms with Crippen molar-refractivity contribution in [1.82, 2.24) is 4.98 Å². The molecule has 0 aliphatic heterocycles. The molecule has 0 fully saturated rings. The van der Waals surface area contributed by atoms with Gasteiger partial charge in [-0.3, -0.25) is 0 Å². The van der Waals surface area contributed by atoms with Gasteiger partial charge in [0.05, 0.1) is 0 Å². The summed E-state index contributed by atoms with van der Waals surface area (Å²) in [5.74, 6) is 0. The monoisotopic (exact) mass is 610 g/mol. The molecule has 0 saturated carbocycles. The van der Waals surface area contributed by atoms with Crippen LogP contribution >= 0.6 is 0 Å². The van der Waals surface area contributed by atoms with Crippen molar-refractivity contribution in [3.05, 3.63) is 71.1 Å². The van der Waals surface area contributed by atoms with Gasteiger partial charge < -0.3 is 29.3 Å². The maximum absolute atomic E-state index is 5.86. The van der Waals surface area contributed by atoms with E-state index < -0.39 is 0 Å². The Labute approximate surface area is 270 Å². The molecule has 2 heteroatoms. The van der Waals surface area contributed by atoms with E-state index in [2.05, 4.69) is 160 Å². The minimum absolute atomic E-state index is 0. The van der Waals surface area contributed by atoms with Crippen molar-refractivity contribution in [1.29, 1.82) is 0 Å². The first kappa shape index (κ1) is 40.5. The van der Waals surface area contributed by atoms with E-state index in [1.165, 1.54) is 16.8 Å². The first-order valence-electron chi connectivity index (χ1n) is 14.4. The van der Waals surface area contributed by atoms with Gasteiger partial charge in [-0.1, -0.05) is 142 Å². The van der Waals surface area contributed by atoms with Gasteiger partial charge in [0.1, 0.15) is 0 Å². The number of allylic oxidation sites excluding steroid dienone is 7. The van der Waals surface area contributed by atoms with Crippen LogP contribution in [0.1, 0.15) is 142 Å². The molecule has 1 aliphatic carbocycles. The quantitative estimate of drug-likeness (QED) is 0.240. The summed E-state index contributed by atoms with van der Waals surface area (Å²) in [6, 6.07) is 2.28. The van der Waals surface area contributed by atoms with E-state index in [0.29, 0.717) is 10.8 Å². The topological polar surface area (TPSA) is 15.8 Å². The summed E-state index contributed by atoms with van der Waals surface area (Å²) < 4.78 is 0. The molecule has 0 amide bonds. The van der Waals surface area contributed by atoms with Crippen LogP contribution in [-0.2, 0) is 43.5 Å². The van der Waals surface area contributed by atoms with E-state index >= 15 is 0 Å². The van der Waals surface area contributed by atoms with E-state index in [1.54, 1.807) is 5.57 Å². The molecule has 1 aromatic heterocycles. The average Bonchev–Trinajstić information content (AvgIpc) is 3.33. The maximum Gasteiger partial charge on any atom is 0.0204 e. The standard InChI is InChI=1S/C13H22.C12H21N.C12H20.Y/c1-12(2,3)10-7-8-11(9-10)13(4,5)6;1-11(2,3)9-7-10(13-8-9)12(4,5)6;1-10(12(5,6)7)8-9-11(2,3)4;/h7,9H,8H2,1-6H3;7-8,13H,1-6H3;1,8H,2-7H3;/q;;-2;. The minimum atomic E-state index is 0. The molecule has 1 N–H and O–H groups in total. The van der Waals surface area contributed by atoms with E-state index in [4.69, 9.17) is 6.58 Å². The van der Waals surface area contributed by atoms with Gasteiger partial charge >= 0.3 is 0 Å². The largest absolute Gasteiger partial charge is 0.390 e. The number of hydrogen-bond donors (Lipinski definition) is 1. The molecule has 221 valence electrons. The molecule has 1 heterocycles. The number of nitrogens with one attached hydrogen (secondary N) is 1. The van der Waals surface area contributed by atoms with Crippen LogP contribution < -0.4 is 0 Å². The van der Waals surface area contributed by atoms with Gasteiger partial charge in [0.15, 0.2) is 0 Å². The fourth-order valence-corrected chi connectivity index (χ4v) is 3.34. The van der Waals surface area contributed by atoms with Crippen LogP contribution in [0.4, 0.5) is 0 Å². The van der Waals surface area contributed by atoms with Crippen LogP contribution in [0.2, 0.25) is 0 Å². The van der Waals surface area contributed by atoms with Gasteiger partial charge in [-0.2, -0.15) is 0 Å². The van der Waals surface area contributed by atoms with Crippen molar-refractivity contribution in [2.75, 3.05) is 0 Å². The Hall–Kier alpha value is -0.656. The Bertz CT molecular complexity index is 954. The third-order valence-corrected chi connectivity index (χ3v) is 6.58. The van der Waals surface area contributed by atoms with Crippen molar-refractivity contribution in [2.45, 2.75) is 142 Å². The molecule has 1 aliphatic rings. The molecule has 1 aromatic rings.